The number of rotatable bonds is 4. The molecule has 0 saturated carbocycles. The first-order chi connectivity index (χ1) is 10.3. The molecule has 1 fully saturated rings. The van der Waals surface area contributed by atoms with E-state index in [1.807, 2.05) is 6.92 Å². The van der Waals surface area contributed by atoms with E-state index in [9.17, 15) is 13.2 Å². The highest BCUT2D eigenvalue weighted by atomic mass is 32.2. The van der Waals surface area contributed by atoms with Gasteiger partial charge in [-0.3, -0.25) is 4.79 Å². The van der Waals surface area contributed by atoms with Crippen molar-refractivity contribution < 1.29 is 22.7 Å². The minimum absolute atomic E-state index is 0.0167. The maximum Gasteiger partial charge on any atom is 0.252 e. The number of sulfonamides is 1. The van der Waals surface area contributed by atoms with Crippen LogP contribution in [-0.4, -0.2) is 51.0 Å². The van der Waals surface area contributed by atoms with Gasteiger partial charge in [-0.2, -0.15) is 4.31 Å². The van der Waals surface area contributed by atoms with Crippen LogP contribution in [-0.2, 0) is 14.8 Å². The molecule has 0 aliphatic carbocycles. The largest absolute Gasteiger partial charge is 0.496 e. The summed E-state index contributed by atoms with van der Waals surface area (Å²) in [6, 6.07) is 3.82. The summed E-state index contributed by atoms with van der Waals surface area (Å²) in [6.07, 6.45) is -0.181. The number of amides is 1. The summed E-state index contributed by atoms with van der Waals surface area (Å²) in [7, 11) is -2.34. The fourth-order valence-electron chi connectivity index (χ4n) is 2.38. The molecule has 1 aliphatic heterocycles. The van der Waals surface area contributed by atoms with Gasteiger partial charge in [-0.15, -0.1) is 0 Å². The minimum atomic E-state index is -3.74. The number of morpholine rings is 1. The van der Waals surface area contributed by atoms with Crippen molar-refractivity contribution in [2.45, 2.75) is 30.9 Å². The zero-order valence-corrected chi connectivity index (χ0v) is 13.6. The third-order valence-corrected chi connectivity index (χ3v) is 5.57. The Morgan fingerprint density at radius 1 is 1.41 bits per heavy atom. The van der Waals surface area contributed by atoms with Crippen LogP contribution in [0.15, 0.2) is 23.1 Å². The Kier molecular flexibility index (Phi) is 4.74. The van der Waals surface area contributed by atoms with Crippen molar-refractivity contribution in [3.63, 3.8) is 0 Å². The van der Waals surface area contributed by atoms with Gasteiger partial charge in [-0.1, -0.05) is 0 Å². The molecule has 1 aliphatic rings. The third kappa shape index (κ3) is 3.08. The van der Waals surface area contributed by atoms with Gasteiger partial charge in [0.15, 0.2) is 0 Å². The first-order valence-electron chi connectivity index (χ1n) is 6.88. The molecule has 1 heterocycles. The maximum absolute atomic E-state index is 12.8. The summed E-state index contributed by atoms with van der Waals surface area (Å²) in [5, 5.41) is 0. The number of hydrogen-bond donors (Lipinski definition) is 1. The molecule has 1 amide bonds. The lowest BCUT2D eigenvalue weighted by molar-refractivity contribution is -0.0170. The number of ether oxygens (including phenoxy) is 2. The zero-order chi connectivity index (χ0) is 16.5. The Bertz CT molecular complexity index is 674. The van der Waals surface area contributed by atoms with Crippen LogP contribution in [0.3, 0.4) is 0 Å². The normalized spacial score (nSPS) is 23.2. The van der Waals surface area contributed by atoms with Gasteiger partial charge in [-0.05, 0) is 32.0 Å². The van der Waals surface area contributed by atoms with E-state index in [0.717, 1.165) is 0 Å². The third-order valence-electron chi connectivity index (χ3n) is 3.59. The second-order valence-corrected chi connectivity index (χ2v) is 7.18. The highest BCUT2D eigenvalue weighted by Crippen LogP contribution is 2.27. The molecule has 1 aromatic carbocycles. The van der Waals surface area contributed by atoms with Crippen molar-refractivity contribution in [3.05, 3.63) is 23.8 Å². The molecule has 0 unspecified atom stereocenters. The van der Waals surface area contributed by atoms with Gasteiger partial charge in [0.2, 0.25) is 10.0 Å². The van der Waals surface area contributed by atoms with E-state index < -0.39 is 15.9 Å². The molecule has 122 valence electrons. The fraction of sp³-hybridized carbons (Fsp3) is 0.500. The number of carbonyl (C=O) groups is 1. The van der Waals surface area contributed by atoms with Crippen LogP contribution in [0.25, 0.3) is 0 Å². The Morgan fingerprint density at radius 3 is 2.68 bits per heavy atom. The Morgan fingerprint density at radius 2 is 2.09 bits per heavy atom. The molecule has 0 aromatic heterocycles. The Balaban J connectivity index is 2.45. The Labute approximate surface area is 130 Å². The topological polar surface area (TPSA) is 98.9 Å². The molecule has 0 radical (unpaired) electrons. The lowest BCUT2D eigenvalue weighted by Gasteiger charge is -2.35. The van der Waals surface area contributed by atoms with Crippen LogP contribution in [0.4, 0.5) is 0 Å². The second kappa shape index (κ2) is 6.23. The molecule has 2 atom stereocenters. The smallest absolute Gasteiger partial charge is 0.252 e. The van der Waals surface area contributed by atoms with Crippen LogP contribution < -0.4 is 10.5 Å². The second-order valence-electron chi connectivity index (χ2n) is 5.29. The van der Waals surface area contributed by atoms with Crippen molar-refractivity contribution in [1.82, 2.24) is 4.31 Å². The summed E-state index contributed by atoms with van der Waals surface area (Å²) >= 11 is 0. The predicted octanol–water partition coefficient (Wildman–Crippen LogP) is 0.592. The zero-order valence-electron chi connectivity index (χ0n) is 12.8. The van der Waals surface area contributed by atoms with E-state index in [0.29, 0.717) is 6.61 Å². The van der Waals surface area contributed by atoms with Gasteiger partial charge >= 0.3 is 0 Å². The molecule has 0 spiro atoms. The summed E-state index contributed by atoms with van der Waals surface area (Å²) in [6.45, 7) is 4.19. The molecule has 0 bridgehead atoms. The average Bonchev–Trinajstić information content (AvgIpc) is 2.48. The fourth-order valence-corrected chi connectivity index (χ4v) is 4.10. The summed E-state index contributed by atoms with van der Waals surface area (Å²) in [5.74, 6) is -0.493. The van der Waals surface area contributed by atoms with E-state index in [-0.39, 0.29) is 34.9 Å². The lowest BCUT2D eigenvalue weighted by atomic mass is 10.2. The van der Waals surface area contributed by atoms with E-state index in [4.69, 9.17) is 15.2 Å². The lowest BCUT2D eigenvalue weighted by Crippen LogP contribution is -2.50. The highest BCUT2D eigenvalue weighted by Gasteiger charge is 2.34. The standard InChI is InChI=1S/C14H20N2O5S/c1-9-8-21-10(2)7-16(9)22(18,19)11-4-5-13(20-3)12(6-11)14(15)17/h4-6,9-10H,7-8H2,1-3H3,(H2,15,17)/t9-,10-/m0/s1. The van der Waals surface area contributed by atoms with Crippen molar-refractivity contribution in [2.75, 3.05) is 20.3 Å². The molecule has 2 N–H and O–H groups in total. The Hall–Kier alpha value is -1.64. The van der Waals surface area contributed by atoms with Gasteiger partial charge in [0.05, 0.1) is 30.3 Å². The quantitative estimate of drug-likeness (QED) is 0.872. The van der Waals surface area contributed by atoms with Crippen molar-refractivity contribution >= 4 is 15.9 Å². The van der Waals surface area contributed by atoms with Gasteiger partial charge in [0.25, 0.3) is 5.91 Å². The molecular formula is C14H20N2O5S. The van der Waals surface area contributed by atoms with Gasteiger partial charge in [0, 0.05) is 12.6 Å². The number of primary amides is 1. The summed E-state index contributed by atoms with van der Waals surface area (Å²) in [4.78, 5) is 11.5. The number of benzene rings is 1. The maximum atomic E-state index is 12.8. The van der Waals surface area contributed by atoms with Crippen LogP contribution in [0.1, 0.15) is 24.2 Å². The molecular weight excluding hydrogens is 308 g/mol. The molecule has 1 saturated heterocycles. The number of carbonyl (C=O) groups excluding carboxylic acids is 1. The van der Waals surface area contributed by atoms with Gasteiger partial charge in [0.1, 0.15) is 5.75 Å². The van der Waals surface area contributed by atoms with Crippen molar-refractivity contribution in [1.29, 1.82) is 0 Å². The number of nitrogens with two attached hydrogens (primary N) is 1. The molecule has 7 nitrogen and oxygen atoms in total. The highest BCUT2D eigenvalue weighted by molar-refractivity contribution is 7.89. The molecule has 1 aromatic rings. The van der Waals surface area contributed by atoms with E-state index in [1.54, 1.807) is 6.92 Å². The van der Waals surface area contributed by atoms with E-state index in [2.05, 4.69) is 0 Å². The van der Waals surface area contributed by atoms with Crippen LogP contribution in [0.2, 0.25) is 0 Å². The minimum Gasteiger partial charge on any atom is -0.496 e. The molecule has 2 rings (SSSR count). The predicted molar refractivity (Wildman–Crippen MR) is 80.3 cm³/mol. The SMILES string of the molecule is COc1ccc(S(=O)(=O)N2C[C@H](C)OC[C@@H]2C)cc1C(N)=O. The number of methoxy groups -OCH3 is 1. The first-order valence-corrected chi connectivity index (χ1v) is 8.32. The van der Waals surface area contributed by atoms with Crippen LogP contribution >= 0.6 is 0 Å². The number of hydrogen-bond acceptors (Lipinski definition) is 5. The summed E-state index contributed by atoms with van der Waals surface area (Å²) < 4.78 is 37.5. The van der Waals surface area contributed by atoms with Gasteiger partial charge < -0.3 is 15.2 Å². The van der Waals surface area contributed by atoms with E-state index >= 15 is 0 Å². The number of nitrogens with zero attached hydrogens (tertiary/aromatic N) is 1. The van der Waals surface area contributed by atoms with Gasteiger partial charge in [-0.25, -0.2) is 8.42 Å². The van der Waals surface area contributed by atoms with E-state index in [1.165, 1.54) is 29.6 Å². The first kappa shape index (κ1) is 16.7. The van der Waals surface area contributed by atoms with Crippen molar-refractivity contribution in [3.8, 4) is 5.75 Å². The van der Waals surface area contributed by atoms with Crippen LogP contribution in [0.5, 0.6) is 5.75 Å². The molecule has 8 heteroatoms. The van der Waals surface area contributed by atoms with Crippen LogP contribution in [0, 0.1) is 0 Å². The van der Waals surface area contributed by atoms with Crippen molar-refractivity contribution in [2.24, 2.45) is 5.73 Å². The average molecular weight is 328 g/mol. The molecule has 22 heavy (non-hydrogen) atoms. The summed E-state index contributed by atoms with van der Waals surface area (Å²) in [5.41, 5.74) is 5.32. The monoisotopic (exact) mass is 328 g/mol.